The van der Waals surface area contributed by atoms with Gasteiger partial charge in [0.05, 0.1) is 5.92 Å². The molecule has 3 N–H and O–H groups in total. The number of carbonyl (C=O) groups is 2. The minimum atomic E-state index is -0.898. The van der Waals surface area contributed by atoms with E-state index in [9.17, 15) is 9.59 Å². The summed E-state index contributed by atoms with van der Waals surface area (Å²) in [5, 5.41) is 13.9. The molecule has 2 amide bonds. The zero-order valence-electron chi connectivity index (χ0n) is 12.4. The van der Waals surface area contributed by atoms with E-state index < -0.39 is 11.9 Å². The van der Waals surface area contributed by atoms with Crippen molar-refractivity contribution in [1.82, 2.24) is 10.6 Å². The van der Waals surface area contributed by atoms with Crippen molar-refractivity contribution in [2.24, 2.45) is 11.8 Å². The van der Waals surface area contributed by atoms with Crippen molar-refractivity contribution in [1.29, 1.82) is 0 Å². The van der Waals surface area contributed by atoms with Gasteiger partial charge in [0.1, 0.15) is 0 Å². The molecule has 0 heterocycles. The molecule has 112 valence electrons. The minimum absolute atomic E-state index is 0.162. The second kappa shape index (κ2) is 10.6. The maximum atomic E-state index is 11.3. The Hall–Kier alpha value is -1.26. The molecule has 0 aromatic heterocycles. The van der Waals surface area contributed by atoms with Crippen LogP contribution in [0, 0.1) is 11.8 Å². The number of aliphatic carboxylic acids is 1. The average Bonchev–Trinajstić information content (AvgIpc) is 2.34. The van der Waals surface area contributed by atoms with Gasteiger partial charge in [0.15, 0.2) is 0 Å². The van der Waals surface area contributed by atoms with Crippen molar-refractivity contribution >= 4 is 12.0 Å². The molecule has 0 aromatic rings. The molecule has 0 aliphatic rings. The molecule has 0 aliphatic carbocycles. The standard InChI is InChI=1S/C14H28N2O3/c1-11(2)8-6-4-5-7-9-15-14(19)16-10-12(3)13(17)18/h11-12H,4-10H2,1-3H3,(H,17,18)(H2,15,16,19). The predicted octanol–water partition coefficient (Wildman–Crippen LogP) is 2.61. The van der Waals surface area contributed by atoms with Crippen molar-refractivity contribution in [3.8, 4) is 0 Å². The zero-order chi connectivity index (χ0) is 14.7. The first kappa shape index (κ1) is 17.7. The van der Waals surface area contributed by atoms with E-state index in [1.165, 1.54) is 19.3 Å². The molecule has 0 rings (SSSR count). The van der Waals surface area contributed by atoms with Crippen molar-refractivity contribution in [2.75, 3.05) is 13.1 Å². The highest BCUT2D eigenvalue weighted by Crippen LogP contribution is 2.08. The Kier molecular flexibility index (Phi) is 9.94. The molecule has 0 bridgehead atoms. The number of carboxylic acids is 1. The van der Waals surface area contributed by atoms with E-state index >= 15 is 0 Å². The fourth-order valence-electron chi connectivity index (χ4n) is 1.63. The summed E-state index contributed by atoms with van der Waals surface area (Å²) in [7, 11) is 0. The van der Waals surface area contributed by atoms with Crippen LogP contribution in [0.15, 0.2) is 0 Å². The number of hydrogen-bond donors (Lipinski definition) is 3. The first-order valence-corrected chi connectivity index (χ1v) is 7.18. The Balaban J connectivity index is 3.36. The Labute approximate surface area is 116 Å². The van der Waals surface area contributed by atoms with Crippen LogP contribution in [0.5, 0.6) is 0 Å². The Morgan fingerprint density at radius 3 is 2.21 bits per heavy atom. The van der Waals surface area contributed by atoms with Crippen LogP contribution in [0.25, 0.3) is 0 Å². The third-order valence-electron chi connectivity index (χ3n) is 2.98. The summed E-state index contributed by atoms with van der Waals surface area (Å²) in [6.07, 6.45) is 5.82. The van der Waals surface area contributed by atoms with Crippen LogP contribution in [0.2, 0.25) is 0 Å². The molecule has 5 heteroatoms. The fraction of sp³-hybridized carbons (Fsp3) is 0.857. The molecular weight excluding hydrogens is 244 g/mol. The summed E-state index contributed by atoms with van der Waals surface area (Å²) in [5.74, 6) is -0.688. The topological polar surface area (TPSA) is 78.4 Å². The van der Waals surface area contributed by atoms with Gasteiger partial charge in [0, 0.05) is 13.1 Å². The quantitative estimate of drug-likeness (QED) is 0.535. The summed E-state index contributed by atoms with van der Waals surface area (Å²) in [6, 6.07) is -0.282. The minimum Gasteiger partial charge on any atom is -0.481 e. The number of rotatable bonds is 10. The monoisotopic (exact) mass is 272 g/mol. The van der Waals surface area contributed by atoms with Crippen LogP contribution >= 0.6 is 0 Å². The Morgan fingerprint density at radius 2 is 1.63 bits per heavy atom. The Bertz CT molecular complexity index is 267. The maximum Gasteiger partial charge on any atom is 0.314 e. The first-order chi connectivity index (χ1) is 8.93. The third-order valence-corrected chi connectivity index (χ3v) is 2.98. The van der Waals surface area contributed by atoms with Crippen LogP contribution < -0.4 is 10.6 Å². The van der Waals surface area contributed by atoms with Gasteiger partial charge in [-0.05, 0) is 12.3 Å². The largest absolute Gasteiger partial charge is 0.481 e. The van der Waals surface area contributed by atoms with E-state index in [1.807, 2.05) is 0 Å². The van der Waals surface area contributed by atoms with E-state index in [0.717, 1.165) is 18.8 Å². The van der Waals surface area contributed by atoms with Crippen LogP contribution in [0.1, 0.15) is 52.9 Å². The van der Waals surface area contributed by atoms with Gasteiger partial charge in [-0.3, -0.25) is 4.79 Å². The molecule has 0 aliphatic heterocycles. The van der Waals surface area contributed by atoms with Crippen molar-refractivity contribution < 1.29 is 14.7 Å². The summed E-state index contributed by atoms with van der Waals surface area (Å²) in [5.41, 5.74) is 0. The second-order valence-corrected chi connectivity index (χ2v) is 5.47. The van der Waals surface area contributed by atoms with Gasteiger partial charge in [-0.25, -0.2) is 4.79 Å². The van der Waals surface area contributed by atoms with E-state index in [2.05, 4.69) is 24.5 Å². The first-order valence-electron chi connectivity index (χ1n) is 7.18. The molecule has 5 nitrogen and oxygen atoms in total. The van der Waals surface area contributed by atoms with Crippen molar-refractivity contribution in [3.05, 3.63) is 0 Å². The molecule has 0 aromatic carbocycles. The molecule has 0 saturated heterocycles. The van der Waals surface area contributed by atoms with Gasteiger partial charge in [-0.1, -0.05) is 46.5 Å². The normalized spacial score (nSPS) is 12.2. The summed E-state index contributed by atoms with van der Waals surface area (Å²) in [6.45, 7) is 6.83. The summed E-state index contributed by atoms with van der Waals surface area (Å²) in [4.78, 5) is 21.9. The van der Waals surface area contributed by atoms with Crippen molar-refractivity contribution in [2.45, 2.75) is 52.9 Å². The van der Waals surface area contributed by atoms with Gasteiger partial charge in [0.2, 0.25) is 0 Å². The summed E-state index contributed by atoms with van der Waals surface area (Å²) >= 11 is 0. The lowest BCUT2D eigenvalue weighted by Crippen LogP contribution is -2.39. The molecule has 0 radical (unpaired) electrons. The van der Waals surface area contributed by atoms with Crippen LogP contribution in [0.3, 0.4) is 0 Å². The van der Waals surface area contributed by atoms with Gasteiger partial charge in [-0.2, -0.15) is 0 Å². The molecule has 0 fully saturated rings. The fourth-order valence-corrected chi connectivity index (χ4v) is 1.63. The highest BCUT2D eigenvalue weighted by Gasteiger charge is 2.11. The Morgan fingerprint density at radius 1 is 1.00 bits per heavy atom. The second-order valence-electron chi connectivity index (χ2n) is 5.47. The van der Waals surface area contributed by atoms with E-state index in [4.69, 9.17) is 5.11 Å². The van der Waals surface area contributed by atoms with Gasteiger partial charge < -0.3 is 15.7 Å². The van der Waals surface area contributed by atoms with Crippen LogP contribution in [0.4, 0.5) is 4.79 Å². The van der Waals surface area contributed by atoms with Gasteiger partial charge in [-0.15, -0.1) is 0 Å². The third kappa shape index (κ3) is 11.6. The van der Waals surface area contributed by atoms with E-state index in [-0.39, 0.29) is 12.6 Å². The highest BCUT2D eigenvalue weighted by atomic mass is 16.4. The number of carboxylic acid groups (broad SMARTS) is 1. The molecule has 1 atom stereocenters. The number of nitrogens with one attached hydrogen (secondary N) is 2. The SMILES string of the molecule is CC(C)CCCCCCNC(=O)NCC(C)C(=O)O. The maximum absolute atomic E-state index is 11.3. The number of carbonyl (C=O) groups excluding carboxylic acids is 1. The zero-order valence-corrected chi connectivity index (χ0v) is 12.4. The number of amides is 2. The molecular formula is C14H28N2O3. The molecule has 0 spiro atoms. The number of unbranched alkanes of at least 4 members (excludes halogenated alkanes) is 3. The highest BCUT2D eigenvalue weighted by molar-refractivity contribution is 5.75. The van der Waals surface area contributed by atoms with Crippen molar-refractivity contribution in [3.63, 3.8) is 0 Å². The van der Waals surface area contributed by atoms with E-state index in [0.29, 0.717) is 6.54 Å². The molecule has 1 unspecified atom stereocenters. The molecule has 0 saturated carbocycles. The lowest BCUT2D eigenvalue weighted by Gasteiger charge is -2.10. The van der Waals surface area contributed by atoms with E-state index in [1.54, 1.807) is 6.92 Å². The number of urea groups is 1. The number of hydrogen-bond acceptors (Lipinski definition) is 2. The smallest absolute Gasteiger partial charge is 0.314 e. The lowest BCUT2D eigenvalue weighted by molar-refractivity contribution is -0.140. The van der Waals surface area contributed by atoms with Crippen LogP contribution in [-0.2, 0) is 4.79 Å². The lowest BCUT2D eigenvalue weighted by atomic mass is 10.0. The van der Waals surface area contributed by atoms with Gasteiger partial charge in [0.25, 0.3) is 0 Å². The predicted molar refractivity (Wildman–Crippen MR) is 76.1 cm³/mol. The molecule has 19 heavy (non-hydrogen) atoms. The van der Waals surface area contributed by atoms with Gasteiger partial charge >= 0.3 is 12.0 Å². The summed E-state index contributed by atoms with van der Waals surface area (Å²) < 4.78 is 0. The van der Waals surface area contributed by atoms with Crippen LogP contribution in [-0.4, -0.2) is 30.2 Å². The average molecular weight is 272 g/mol.